The standard InChI is InChI=1S/C24H20BrF2N5O4S/c1-3-9-32-23(33)18-21(29-17-8-7-15(25)11-16(17)26)19(27)24(34)31(2)22(18)20(30-32)14-6-4-5-13(10-14)12-28-37(35)36/h3-8,10-11,28-29H,1,9,12H2,2H3,(H,35,36). The molecular weight excluding hydrogens is 572 g/mol. The molecule has 4 aromatic rings. The molecule has 3 N–H and O–H groups in total. The highest BCUT2D eigenvalue weighted by atomic mass is 79.9. The topological polar surface area (TPSA) is 118 Å². The lowest BCUT2D eigenvalue weighted by Crippen LogP contribution is -2.30. The zero-order valence-electron chi connectivity index (χ0n) is 19.3. The average molecular weight is 592 g/mol. The average Bonchev–Trinajstić information content (AvgIpc) is 2.86. The number of hydrogen-bond acceptors (Lipinski definition) is 5. The molecule has 9 nitrogen and oxygen atoms in total. The van der Waals surface area contributed by atoms with E-state index < -0.39 is 39.7 Å². The first kappa shape index (κ1) is 26.5. The van der Waals surface area contributed by atoms with Gasteiger partial charge in [-0.2, -0.15) is 9.49 Å². The van der Waals surface area contributed by atoms with Crippen molar-refractivity contribution in [3.8, 4) is 11.3 Å². The van der Waals surface area contributed by atoms with E-state index in [0.29, 0.717) is 15.6 Å². The maximum Gasteiger partial charge on any atom is 0.289 e. The van der Waals surface area contributed by atoms with Crippen LogP contribution in [0.4, 0.5) is 20.2 Å². The van der Waals surface area contributed by atoms with E-state index in [4.69, 9.17) is 4.55 Å². The lowest BCUT2D eigenvalue weighted by molar-refractivity contribution is 0.548. The van der Waals surface area contributed by atoms with Crippen molar-refractivity contribution >= 4 is 49.5 Å². The number of benzene rings is 2. The molecule has 0 saturated carbocycles. The van der Waals surface area contributed by atoms with E-state index in [1.54, 1.807) is 24.3 Å². The van der Waals surface area contributed by atoms with Crippen LogP contribution < -0.4 is 21.2 Å². The Labute approximate surface area is 220 Å². The smallest absolute Gasteiger partial charge is 0.289 e. The molecule has 0 fully saturated rings. The van der Waals surface area contributed by atoms with Gasteiger partial charge in [0, 0.05) is 23.6 Å². The summed E-state index contributed by atoms with van der Waals surface area (Å²) in [6.07, 6.45) is 1.43. The highest BCUT2D eigenvalue weighted by molar-refractivity contribution is 9.10. The molecule has 192 valence electrons. The number of nitrogens with zero attached hydrogens (tertiary/aromatic N) is 3. The number of anilines is 2. The third-order valence-electron chi connectivity index (χ3n) is 5.52. The fourth-order valence-corrected chi connectivity index (χ4v) is 4.46. The van der Waals surface area contributed by atoms with Crippen molar-refractivity contribution in [3.63, 3.8) is 0 Å². The maximum atomic E-state index is 15.4. The zero-order valence-corrected chi connectivity index (χ0v) is 21.7. The predicted octanol–water partition coefficient (Wildman–Crippen LogP) is 3.96. The van der Waals surface area contributed by atoms with Crippen molar-refractivity contribution < 1.29 is 17.5 Å². The van der Waals surface area contributed by atoms with Gasteiger partial charge in [0.1, 0.15) is 11.5 Å². The molecule has 0 bridgehead atoms. The second-order valence-corrected chi connectivity index (χ2v) is 9.62. The molecule has 0 radical (unpaired) electrons. The monoisotopic (exact) mass is 591 g/mol. The normalized spacial score (nSPS) is 12.0. The molecular formula is C24H20BrF2N5O4S. The molecule has 0 aliphatic heterocycles. The lowest BCUT2D eigenvalue weighted by atomic mass is 10.0. The van der Waals surface area contributed by atoms with E-state index >= 15 is 4.39 Å². The van der Waals surface area contributed by atoms with Gasteiger partial charge in [-0.15, -0.1) is 6.58 Å². The number of allylic oxidation sites excluding steroid dienone is 1. The SMILES string of the molecule is C=CCn1nc(-c2cccc(CNS(=O)O)c2)c2c(c(Nc3ccc(Br)cc3F)c(F)c(=O)n2C)c1=O. The minimum Gasteiger partial charge on any atom is -0.350 e. The number of nitrogens with one attached hydrogen (secondary N) is 2. The van der Waals surface area contributed by atoms with Gasteiger partial charge in [0.15, 0.2) is 0 Å². The Morgan fingerprint density at radius 3 is 2.62 bits per heavy atom. The van der Waals surface area contributed by atoms with Crippen molar-refractivity contribution in [2.24, 2.45) is 7.05 Å². The second-order valence-electron chi connectivity index (χ2n) is 7.92. The Bertz CT molecular complexity index is 1690. The molecule has 0 aliphatic rings. The molecule has 1 atom stereocenters. The van der Waals surface area contributed by atoms with Gasteiger partial charge in [-0.3, -0.25) is 14.1 Å². The van der Waals surface area contributed by atoms with Crippen LogP contribution in [0.5, 0.6) is 0 Å². The Balaban J connectivity index is 2.06. The zero-order chi connectivity index (χ0) is 26.9. The molecule has 0 amide bonds. The molecule has 0 aliphatic carbocycles. The van der Waals surface area contributed by atoms with Crippen LogP contribution in [0.15, 0.2) is 69.2 Å². The van der Waals surface area contributed by atoms with E-state index in [2.05, 4.69) is 37.6 Å². The summed E-state index contributed by atoms with van der Waals surface area (Å²) < 4.78 is 54.9. The van der Waals surface area contributed by atoms with Crippen molar-refractivity contribution in [2.75, 3.05) is 5.32 Å². The Morgan fingerprint density at radius 1 is 1.19 bits per heavy atom. The molecule has 0 saturated heterocycles. The van der Waals surface area contributed by atoms with Gasteiger partial charge in [0.05, 0.1) is 28.8 Å². The van der Waals surface area contributed by atoms with E-state index in [1.807, 2.05) is 0 Å². The van der Waals surface area contributed by atoms with Crippen LogP contribution in [0.25, 0.3) is 22.2 Å². The Hall–Kier alpha value is -3.52. The molecule has 37 heavy (non-hydrogen) atoms. The van der Waals surface area contributed by atoms with Crippen LogP contribution in [-0.2, 0) is 31.4 Å². The third-order valence-corrected chi connectivity index (χ3v) is 6.40. The van der Waals surface area contributed by atoms with Crippen LogP contribution in [0.2, 0.25) is 0 Å². The quantitative estimate of drug-likeness (QED) is 0.211. The van der Waals surface area contributed by atoms with Gasteiger partial charge in [-0.05, 0) is 29.8 Å². The van der Waals surface area contributed by atoms with Crippen LogP contribution in [0.3, 0.4) is 0 Å². The van der Waals surface area contributed by atoms with Crippen LogP contribution >= 0.6 is 15.9 Å². The van der Waals surface area contributed by atoms with Gasteiger partial charge < -0.3 is 9.88 Å². The molecule has 13 heteroatoms. The fraction of sp³-hybridized carbons (Fsp3) is 0.125. The molecule has 2 heterocycles. The van der Waals surface area contributed by atoms with Crippen LogP contribution in [0.1, 0.15) is 5.56 Å². The Kier molecular flexibility index (Phi) is 7.78. The number of fused-ring (bicyclic) bond motifs is 1. The third kappa shape index (κ3) is 5.30. The first-order chi connectivity index (χ1) is 17.6. The molecule has 2 aromatic heterocycles. The summed E-state index contributed by atoms with van der Waals surface area (Å²) in [5, 5.41) is 6.79. The predicted molar refractivity (Wildman–Crippen MR) is 142 cm³/mol. The van der Waals surface area contributed by atoms with Crippen molar-refractivity contribution in [2.45, 2.75) is 13.1 Å². The summed E-state index contributed by atoms with van der Waals surface area (Å²) in [6.45, 7) is 3.66. The summed E-state index contributed by atoms with van der Waals surface area (Å²) in [7, 11) is 1.31. The van der Waals surface area contributed by atoms with E-state index in [1.165, 1.54) is 25.3 Å². The number of halogens is 3. The van der Waals surface area contributed by atoms with Crippen molar-refractivity contribution in [3.05, 3.63) is 97.5 Å². The summed E-state index contributed by atoms with van der Waals surface area (Å²) >= 11 is 0.919. The molecule has 0 spiro atoms. The number of hydrogen-bond donors (Lipinski definition) is 3. The number of pyridine rings is 1. The summed E-state index contributed by atoms with van der Waals surface area (Å²) in [5.41, 5.74) is -1.15. The number of rotatable bonds is 8. The minimum atomic E-state index is -2.24. The molecule has 2 aromatic carbocycles. The molecule has 1 unspecified atom stereocenters. The van der Waals surface area contributed by atoms with Gasteiger partial charge in [-0.25, -0.2) is 18.0 Å². The van der Waals surface area contributed by atoms with Crippen LogP contribution in [0, 0.1) is 11.6 Å². The number of aryl methyl sites for hydroxylation is 1. The van der Waals surface area contributed by atoms with Gasteiger partial charge >= 0.3 is 0 Å². The van der Waals surface area contributed by atoms with Crippen molar-refractivity contribution in [1.29, 1.82) is 0 Å². The molecule has 4 rings (SSSR count). The highest BCUT2D eigenvalue weighted by Crippen LogP contribution is 2.32. The van der Waals surface area contributed by atoms with E-state index in [9.17, 15) is 18.2 Å². The van der Waals surface area contributed by atoms with Gasteiger partial charge in [-0.1, -0.05) is 40.2 Å². The van der Waals surface area contributed by atoms with E-state index in [0.717, 1.165) is 15.3 Å². The van der Waals surface area contributed by atoms with Crippen molar-refractivity contribution in [1.82, 2.24) is 19.1 Å². The highest BCUT2D eigenvalue weighted by Gasteiger charge is 2.24. The van der Waals surface area contributed by atoms with Gasteiger partial charge in [0.25, 0.3) is 11.1 Å². The maximum absolute atomic E-state index is 15.4. The first-order valence-electron chi connectivity index (χ1n) is 10.7. The van der Waals surface area contributed by atoms with E-state index in [-0.39, 0.29) is 35.4 Å². The summed E-state index contributed by atoms with van der Waals surface area (Å²) in [6, 6.07) is 10.7. The minimum absolute atomic E-state index is 0.0209. The lowest BCUT2D eigenvalue weighted by Gasteiger charge is -2.18. The Morgan fingerprint density at radius 2 is 1.95 bits per heavy atom. The second kappa shape index (κ2) is 10.8. The first-order valence-corrected chi connectivity index (χ1v) is 12.6. The van der Waals surface area contributed by atoms with Gasteiger partial charge in [0.2, 0.25) is 17.1 Å². The number of aromatic nitrogens is 3. The largest absolute Gasteiger partial charge is 0.350 e. The summed E-state index contributed by atoms with van der Waals surface area (Å²) in [4.78, 5) is 26.4. The fourth-order valence-electron chi connectivity index (χ4n) is 3.84. The summed E-state index contributed by atoms with van der Waals surface area (Å²) in [5.74, 6) is -2.00. The van der Waals surface area contributed by atoms with Crippen LogP contribution in [-0.4, -0.2) is 23.1 Å².